The molecule has 0 unspecified atom stereocenters. The topological polar surface area (TPSA) is 80.3 Å². The van der Waals surface area contributed by atoms with Crippen molar-refractivity contribution in [3.8, 4) is 11.3 Å². The average molecular weight is 472 g/mol. The molecular formula is C27H25N3O3S. The predicted octanol–water partition coefficient (Wildman–Crippen LogP) is 6.54. The Bertz CT molecular complexity index is 1190. The summed E-state index contributed by atoms with van der Waals surface area (Å²) in [5, 5.41) is 6.59. The number of rotatable bonds is 8. The van der Waals surface area contributed by atoms with Gasteiger partial charge in [-0.15, -0.1) is 0 Å². The van der Waals surface area contributed by atoms with Gasteiger partial charge in [-0.3, -0.25) is 10.1 Å². The number of anilines is 2. The van der Waals surface area contributed by atoms with E-state index in [0.717, 1.165) is 16.7 Å². The van der Waals surface area contributed by atoms with Crippen molar-refractivity contribution in [3.63, 3.8) is 0 Å². The average Bonchev–Trinajstić information content (AvgIpc) is 3.26. The minimum Gasteiger partial charge on any atom is -0.450 e. The van der Waals surface area contributed by atoms with E-state index in [4.69, 9.17) is 4.74 Å². The Morgan fingerprint density at radius 3 is 1.97 bits per heavy atom. The SMILES string of the molecule is CCOC(=O)Nc1nc(-c2ccccc2)c(NC(=O)CC(c2ccccc2)c2ccccc2)s1. The molecule has 0 atom stereocenters. The summed E-state index contributed by atoms with van der Waals surface area (Å²) in [7, 11) is 0. The summed E-state index contributed by atoms with van der Waals surface area (Å²) in [6, 6.07) is 29.5. The highest BCUT2D eigenvalue weighted by molar-refractivity contribution is 7.20. The number of amides is 2. The molecule has 172 valence electrons. The second-order valence-electron chi connectivity index (χ2n) is 7.53. The van der Waals surface area contributed by atoms with Crippen molar-refractivity contribution in [1.29, 1.82) is 0 Å². The van der Waals surface area contributed by atoms with Crippen LogP contribution in [0.15, 0.2) is 91.0 Å². The molecule has 2 amide bonds. The Morgan fingerprint density at radius 2 is 1.41 bits per heavy atom. The first-order valence-corrected chi connectivity index (χ1v) is 11.9. The Hall–Kier alpha value is -3.97. The number of nitrogens with one attached hydrogen (secondary N) is 2. The number of carbonyl (C=O) groups is 2. The third-order valence-corrected chi connectivity index (χ3v) is 6.09. The molecule has 0 fully saturated rings. The number of carbonyl (C=O) groups excluding carboxylic acids is 2. The van der Waals surface area contributed by atoms with Crippen LogP contribution in [0.4, 0.5) is 14.9 Å². The molecule has 7 heteroatoms. The second-order valence-corrected chi connectivity index (χ2v) is 8.53. The molecule has 34 heavy (non-hydrogen) atoms. The molecule has 1 aromatic heterocycles. The van der Waals surface area contributed by atoms with Crippen LogP contribution >= 0.6 is 11.3 Å². The third-order valence-electron chi connectivity index (χ3n) is 5.21. The van der Waals surface area contributed by atoms with E-state index in [-0.39, 0.29) is 24.9 Å². The maximum Gasteiger partial charge on any atom is 0.413 e. The smallest absolute Gasteiger partial charge is 0.413 e. The van der Waals surface area contributed by atoms with Gasteiger partial charge in [-0.25, -0.2) is 9.78 Å². The zero-order valence-corrected chi connectivity index (χ0v) is 19.5. The molecule has 4 aromatic rings. The Kier molecular flexibility index (Phi) is 7.67. The zero-order chi connectivity index (χ0) is 23.8. The van der Waals surface area contributed by atoms with E-state index in [1.807, 2.05) is 91.0 Å². The summed E-state index contributed by atoms with van der Waals surface area (Å²) in [6.07, 6.45) is -0.317. The van der Waals surface area contributed by atoms with Crippen molar-refractivity contribution in [1.82, 2.24) is 4.98 Å². The van der Waals surface area contributed by atoms with Crippen LogP contribution in [0.25, 0.3) is 11.3 Å². The van der Waals surface area contributed by atoms with E-state index in [0.29, 0.717) is 15.8 Å². The fourth-order valence-corrected chi connectivity index (χ4v) is 4.56. The molecule has 0 saturated heterocycles. The van der Waals surface area contributed by atoms with E-state index < -0.39 is 6.09 Å². The highest BCUT2D eigenvalue weighted by atomic mass is 32.1. The van der Waals surface area contributed by atoms with Crippen LogP contribution in [0, 0.1) is 0 Å². The minimum absolute atomic E-state index is 0.0902. The fourth-order valence-electron chi connectivity index (χ4n) is 3.67. The van der Waals surface area contributed by atoms with Crippen molar-refractivity contribution in [2.75, 3.05) is 17.2 Å². The number of ether oxygens (including phenoxy) is 1. The lowest BCUT2D eigenvalue weighted by Crippen LogP contribution is -2.16. The number of nitrogens with zero attached hydrogens (tertiary/aromatic N) is 1. The van der Waals surface area contributed by atoms with Gasteiger partial charge in [0.15, 0.2) is 5.13 Å². The fraction of sp³-hybridized carbons (Fsp3) is 0.148. The van der Waals surface area contributed by atoms with Gasteiger partial charge in [-0.05, 0) is 18.1 Å². The number of hydrogen-bond acceptors (Lipinski definition) is 5. The predicted molar refractivity (Wildman–Crippen MR) is 136 cm³/mol. The molecule has 0 spiro atoms. The van der Waals surface area contributed by atoms with Gasteiger partial charge in [0.2, 0.25) is 5.91 Å². The first-order valence-electron chi connectivity index (χ1n) is 11.0. The Morgan fingerprint density at radius 1 is 0.853 bits per heavy atom. The first-order chi connectivity index (χ1) is 16.6. The maximum absolute atomic E-state index is 13.2. The van der Waals surface area contributed by atoms with Gasteiger partial charge in [-0.1, -0.05) is 102 Å². The molecule has 0 aliphatic heterocycles. The van der Waals surface area contributed by atoms with Gasteiger partial charge in [0.1, 0.15) is 10.7 Å². The monoisotopic (exact) mass is 471 g/mol. The summed E-state index contributed by atoms with van der Waals surface area (Å²) in [5.74, 6) is -0.228. The van der Waals surface area contributed by atoms with Crippen molar-refractivity contribution in [2.45, 2.75) is 19.3 Å². The molecule has 6 nitrogen and oxygen atoms in total. The number of benzene rings is 3. The standard InChI is InChI=1S/C27H25N3O3S/c1-2-33-27(32)30-26-29-24(21-16-10-5-11-17-21)25(34-26)28-23(31)18-22(19-12-6-3-7-13-19)20-14-8-4-9-15-20/h3-17,22H,2,18H2,1H3,(H,28,31)(H,29,30,32). The summed E-state index contributed by atoms with van der Waals surface area (Å²) in [5.41, 5.74) is 3.58. The molecule has 0 aliphatic carbocycles. The van der Waals surface area contributed by atoms with Crippen molar-refractivity contribution >= 4 is 33.5 Å². The molecule has 2 N–H and O–H groups in total. The van der Waals surface area contributed by atoms with Gasteiger partial charge in [-0.2, -0.15) is 0 Å². The van der Waals surface area contributed by atoms with Crippen LogP contribution in [0.2, 0.25) is 0 Å². The largest absolute Gasteiger partial charge is 0.450 e. The summed E-state index contributed by atoms with van der Waals surface area (Å²) in [6.45, 7) is 1.99. The van der Waals surface area contributed by atoms with Crippen molar-refractivity contribution in [2.24, 2.45) is 0 Å². The zero-order valence-electron chi connectivity index (χ0n) is 18.7. The van der Waals surface area contributed by atoms with Gasteiger partial charge in [0, 0.05) is 17.9 Å². The van der Waals surface area contributed by atoms with E-state index in [1.165, 1.54) is 11.3 Å². The van der Waals surface area contributed by atoms with Gasteiger partial charge in [0.25, 0.3) is 0 Å². The number of aromatic nitrogens is 1. The normalized spacial score (nSPS) is 10.6. The lowest BCUT2D eigenvalue weighted by atomic mass is 9.88. The van der Waals surface area contributed by atoms with E-state index >= 15 is 0 Å². The van der Waals surface area contributed by atoms with Crippen LogP contribution in [0.1, 0.15) is 30.4 Å². The number of thiazole rings is 1. The molecule has 1 heterocycles. The molecular weight excluding hydrogens is 446 g/mol. The number of hydrogen-bond donors (Lipinski definition) is 2. The van der Waals surface area contributed by atoms with Gasteiger partial charge >= 0.3 is 6.09 Å². The van der Waals surface area contributed by atoms with Crippen LogP contribution in [0.3, 0.4) is 0 Å². The van der Waals surface area contributed by atoms with Crippen LogP contribution < -0.4 is 10.6 Å². The minimum atomic E-state index is -0.582. The molecule has 0 radical (unpaired) electrons. The molecule has 0 bridgehead atoms. The Balaban J connectivity index is 1.59. The van der Waals surface area contributed by atoms with E-state index in [9.17, 15) is 9.59 Å². The maximum atomic E-state index is 13.2. The van der Waals surface area contributed by atoms with Crippen molar-refractivity contribution < 1.29 is 14.3 Å². The first kappa shape index (κ1) is 23.2. The highest BCUT2D eigenvalue weighted by Gasteiger charge is 2.21. The van der Waals surface area contributed by atoms with Gasteiger partial charge < -0.3 is 10.1 Å². The lowest BCUT2D eigenvalue weighted by Gasteiger charge is -2.18. The van der Waals surface area contributed by atoms with E-state index in [1.54, 1.807) is 6.92 Å². The quantitative estimate of drug-likeness (QED) is 0.306. The third kappa shape index (κ3) is 5.88. The van der Waals surface area contributed by atoms with Gasteiger partial charge in [0.05, 0.1) is 6.61 Å². The van der Waals surface area contributed by atoms with Crippen LogP contribution in [-0.2, 0) is 9.53 Å². The summed E-state index contributed by atoms with van der Waals surface area (Å²) < 4.78 is 4.96. The van der Waals surface area contributed by atoms with Crippen LogP contribution in [-0.4, -0.2) is 23.6 Å². The lowest BCUT2D eigenvalue weighted by molar-refractivity contribution is -0.116. The highest BCUT2D eigenvalue weighted by Crippen LogP contribution is 2.37. The van der Waals surface area contributed by atoms with E-state index in [2.05, 4.69) is 15.6 Å². The van der Waals surface area contributed by atoms with Crippen molar-refractivity contribution in [3.05, 3.63) is 102 Å². The molecule has 0 aliphatic rings. The summed E-state index contributed by atoms with van der Waals surface area (Å²) in [4.78, 5) is 29.7. The molecule has 0 saturated carbocycles. The molecule has 3 aromatic carbocycles. The molecule has 4 rings (SSSR count). The van der Waals surface area contributed by atoms with Crippen LogP contribution in [0.5, 0.6) is 0 Å². The Labute approximate surface area is 202 Å². The second kappa shape index (κ2) is 11.2. The summed E-state index contributed by atoms with van der Waals surface area (Å²) >= 11 is 1.20.